The molecule has 0 saturated carbocycles. The number of hydrogen-bond acceptors (Lipinski definition) is 2. The molecular weight excluding hydrogens is 461 g/mol. The third-order valence-electron chi connectivity index (χ3n) is 4.29. The van der Waals surface area contributed by atoms with Crippen LogP contribution in [0.2, 0.25) is 10.0 Å². The third-order valence-corrected chi connectivity index (χ3v) is 5.36. The first-order valence-corrected chi connectivity index (χ1v) is 10.1. The molecule has 1 heterocycles. The monoisotopic (exact) mass is 477 g/mol. The fourth-order valence-corrected chi connectivity index (χ4v) is 3.71. The summed E-state index contributed by atoms with van der Waals surface area (Å²) >= 11 is 15.7. The average Bonchev–Trinajstić information content (AvgIpc) is 2.91. The number of aromatic nitrogens is 1. The number of hydrogen-bond donors (Lipinski definition) is 1. The first-order chi connectivity index (χ1) is 13.3. The van der Waals surface area contributed by atoms with Crippen molar-refractivity contribution in [3.63, 3.8) is 0 Å². The quantitative estimate of drug-likeness (QED) is 0.362. The van der Waals surface area contributed by atoms with E-state index >= 15 is 0 Å². The zero-order valence-corrected chi connectivity index (χ0v) is 18.4. The molecule has 0 saturated heterocycles. The number of benzene rings is 2. The fraction of sp³-hybridized carbons (Fsp3) is 0.143. The summed E-state index contributed by atoms with van der Waals surface area (Å²) in [7, 11) is 0. The summed E-state index contributed by atoms with van der Waals surface area (Å²) in [6, 6.07) is 15.0. The molecule has 144 valence electrons. The first kappa shape index (κ1) is 20.6. The highest BCUT2D eigenvalue weighted by atomic mass is 79.9. The van der Waals surface area contributed by atoms with Crippen molar-refractivity contribution in [2.24, 2.45) is 5.10 Å². The van der Waals surface area contributed by atoms with Gasteiger partial charge in [-0.2, -0.15) is 5.10 Å². The van der Waals surface area contributed by atoms with Gasteiger partial charge in [0.15, 0.2) is 0 Å². The molecule has 7 heteroatoms. The second-order valence-corrected chi connectivity index (χ2v) is 8.11. The molecule has 1 N–H and O–H groups in total. The Balaban J connectivity index is 1.72. The van der Waals surface area contributed by atoms with E-state index in [4.69, 9.17) is 23.2 Å². The minimum atomic E-state index is -0.173. The number of carbonyl (C=O) groups excluding carboxylic acids is 1. The smallest absolute Gasteiger partial charge is 0.244 e. The van der Waals surface area contributed by atoms with Gasteiger partial charge in [-0.25, -0.2) is 5.43 Å². The van der Waals surface area contributed by atoms with E-state index < -0.39 is 0 Å². The highest BCUT2D eigenvalue weighted by molar-refractivity contribution is 9.10. The maximum absolute atomic E-state index is 12.1. The normalized spacial score (nSPS) is 11.2. The highest BCUT2D eigenvalue weighted by Gasteiger charge is 2.12. The van der Waals surface area contributed by atoms with Crippen molar-refractivity contribution in [3.8, 4) is 5.69 Å². The van der Waals surface area contributed by atoms with Gasteiger partial charge in [0.05, 0.1) is 23.3 Å². The van der Waals surface area contributed by atoms with Crippen LogP contribution in [0.5, 0.6) is 0 Å². The molecule has 2 aromatic carbocycles. The molecule has 0 unspecified atom stereocenters. The van der Waals surface area contributed by atoms with E-state index in [1.165, 1.54) is 0 Å². The van der Waals surface area contributed by atoms with E-state index in [9.17, 15) is 4.79 Å². The molecule has 0 atom stereocenters. The van der Waals surface area contributed by atoms with Gasteiger partial charge in [0, 0.05) is 26.4 Å². The van der Waals surface area contributed by atoms with Crippen molar-refractivity contribution < 1.29 is 4.79 Å². The lowest BCUT2D eigenvalue weighted by Gasteiger charge is -2.11. The molecule has 0 spiro atoms. The van der Waals surface area contributed by atoms with Crippen LogP contribution in [0.1, 0.15) is 22.5 Å². The molecule has 3 rings (SSSR count). The molecule has 0 aliphatic carbocycles. The van der Waals surface area contributed by atoms with Crippen molar-refractivity contribution >= 4 is 51.3 Å². The number of aryl methyl sites for hydroxylation is 1. The summed E-state index contributed by atoms with van der Waals surface area (Å²) < 4.78 is 3.01. The summed E-state index contributed by atoms with van der Waals surface area (Å²) in [5, 5.41) is 5.26. The van der Waals surface area contributed by atoms with Crippen LogP contribution in [0.25, 0.3) is 5.69 Å². The molecule has 0 bridgehead atoms. The number of nitrogens with zero attached hydrogens (tertiary/aromatic N) is 2. The van der Waals surface area contributed by atoms with Crippen LogP contribution in [0.3, 0.4) is 0 Å². The van der Waals surface area contributed by atoms with Gasteiger partial charge in [0.2, 0.25) is 5.91 Å². The van der Waals surface area contributed by atoms with Gasteiger partial charge in [-0.3, -0.25) is 4.79 Å². The lowest BCUT2D eigenvalue weighted by Crippen LogP contribution is -2.19. The van der Waals surface area contributed by atoms with Gasteiger partial charge in [-0.05, 0) is 55.8 Å². The highest BCUT2D eigenvalue weighted by Crippen LogP contribution is 2.28. The van der Waals surface area contributed by atoms with E-state index in [2.05, 4.69) is 26.5 Å². The second kappa shape index (κ2) is 8.95. The molecule has 0 fully saturated rings. The van der Waals surface area contributed by atoms with E-state index in [-0.39, 0.29) is 12.3 Å². The molecule has 0 radical (unpaired) electrons. The number of nitrogens with one attached hydrogen (secondary N) is 1. The van der Waals surface area contributed by atoms with Gasteiger partial charge in [-0.15, -0.1) is 0 Å². The fourth-order valence-electron chi connectivity index (χ4n) is 2.95. The van der Waals surface area contributed by atoms with Crippen LogP contribution >= 0.6 is 39.1 Å². The maximum atomic E-state index is 12.1. The molecule has 3 aromatic rings. The standard InChI is InChI=1S/C21H18BrCl2N3O/c1-13-9-16(14(2)27(13)20-8-7-18(23)11-19(20)24)12-25-26-21(28)10-15-3-5-17(22)6-4-15/h3-9,11-12H,10H2,1-2H3,(H,26,28)/b25-12+. The van der Waals surface area contributed by atoms with E-state index in [0.717, 1.165) is 32.7 Å². The molecule has 0 aliphatic rings. The summed E-state index contributed by atoms with van der Waals surface area (Å²) in [4.78, 5) is 12.1. The van der Waals surface area contributed by atoms with Crippen LogP contribution < -0.4 is 5.43 Å². The summed E-state index contributed by atoms with van der Waals surface area (Å²) in [6.45, 7) is 3.96. The Morgan fingerprint density at radius 1 is 1.14 bits per heavy atom. The number of halogens is 3. The predicted octanol–water partition coefficient (Wildman–Crippen LogP) is 5.86. The van der Waals surface area contributed by atoms with Crippen LogP contribution in [0.15, 0.2) is 58.1 Å². The zero-order chi connectivity index (χ0) is 20.3. The van der Waals surface area contributed by atoms with E-state index in [0.29, 0.717) is 10.0 Å². The van der Waals surface area contributed by atoms with Crippen LogP contribution in [-0.2, 0) is 11.2 Å². The van der Waals surface area contributed by atoms with Gasteiger partial charge in [0.1, 0.15) is 0 Å². The topological polar surface area (TPSA) is 46.4 Å². The van der Waals surface area contributed by atoms with E-state index in [1.807, 2.05) is 54.8 Å². The molecule has 4 nitrogen and oxygen atoms in total. The molecule has 28 heavy (non-hydrogen) atoms. The minimum Gasteiger partial charge on any atom is -0.316 e. The predicted molar refractivity (Wildman–Crippen MR) is 119 cm³/mol. The van der Waals surface area contributed by atoms with Gasteiger partial charge >= 0.3 is 0 Å². The first-order valence-electron chi connectivity index (χ1n) is 8.56. The van der Waals surface area contributed by atoms with Crippen molar-refractivity contribution in [3.05, 3.63) is 85.6 Å². The van der Waals surface area contributed by atoms with Crippen molar-refractivity contribution in [2.45, 2.75) is 20.3 Å². The van der Waals surface area contributed by atoms with Gasteiger partial charge in [-0.1, -0.05) is 51.3 Å². The van der Waals surface area contributed by atoms with Gasteiger partial charge < -0.3 is 4.57 Å². The maximum Gasteiger partial charge on any atom is 0.244 e. The molecule has 1 amide bonds. The van der Waals surface area contributed by atoms with Gasteiger partial charge in [0.25, 0.3) is 0 Å². The molecular formula is C21H18BrCl2N3O. The number of amides is 1. The zero-order valence-electron chi connectivity index (χ0n) is 15.3. The Morgan fingerprint density at radius 2 is 1.86 bits per heavy atom. The Kier molecular flexibility index (Phi) is 6.60. The van der Waals surface area contributed by atoms with Crippen LogP contribution in [0, 0.1) is 13.8 Å². The Hall–Kier alpha value is -2.08. The Bertz CT molecular complexity index is 1040. The summed E-state index contributed by atoms with van der Waals surface area (Å²) in [5.74, 6) is -0.173. The lowest BCUT2D eigenvalue weighted by atomic mass is 10.1. The van der Waals surface area contributed by atoms with Crippen molar-refractivity contribution in [1.29, 1.82) is 0 Å². The number of rotatable bonds is 5. The van der Waals surface area contributed by atoms with Crippen molar-refractivity contribution in [1.82, 2.24) is 9.99 Å². The van der Waals surface area contributed by atoms with Crippen LogP contribution in [0.4, 0.5) is 0 Å². The Morgan fingerprint density at radius 3 is 2.54 bits per heavy atom. The number of hydrazone groups is 1. The molecule has 0 aliphatic heterocycles. The largest absolute Gasteiger partial charge is 0.316 e. The van der Waals surface area contributed by atoms with E-state index in [1.54, 1.807) is 18.3 Å². The Labute approximate surface area is 182 Å². The van der Waals surface area contributed by atoms with Crippen molar-refractivity contribution in [2.75, 3.05) is 0 Å². The minimum absolute atomic E-state index is 0.173. The van der Waals surface area contributed by atoms with Crippen LogP contribution in [-0.4, -0.2) is 16.7 Å². The average molecular weight is 479 g/mol. The summed E-state index contributed by atoms with van der Waals surface area (Å²) in [5.41, 5.74) is 7.21. The summed E-state index contributed by atoms with van der Waals surface area (Å²) in [6.07, 6.45) is 1.91. The SMILES string of the molecule is Cc1cc(/C=N/NC(=O)Cc2ccc(Br)cc2)c(C)n1-c1ccc(Cl)cc1Cl. The third kappa shape index (κ3) is 4.85. The lowest BCUT2D eigenvalue weighted by molar-refractivity contribution is -0.120. The molecule has 1 aromatic heterocycles. The second-order valence-electron chi connectivity index (χ2n) is 6.35. The number of carbonyl (C=O) groups is 1.